The fourth-order valence-corrected chi connectivity index (χ4v) is 3.39. The lowest BCUT2D eigenvalue weighted by Crippen LogP contribution is -2.43. The quantitative estimate of drug-likeness (QED) is 0.705. The van der Waals surface area contributed by atoms with E-state index in [0.717, 1.165) is 5.92 Å². The number of rotatable bonds is 5. The van der Waals surface area contributed by atoms with Crippen molar-refractivity contribution < 1.29 is 9.47 Å². The van der Waals surface area contributed by atoms with E-state index in [1.54, 1.807) is 0 Å². The Bertz CT molecular complexity index is 320. The Labute approximate surface area is 123 Å². The van der Waals surface area contributed by atoms with Gasteiger partial charge in [0.15, 0.2) is 6.29 Å². The minimum atomic E-state index is -0.451. The van der Waals surface area contributed by atoms with Crippen LogP contribution in [0.3, 0.4) is 0 Å². The Kier molecular flexibility index (Phi) is 5.86. The van der Waals surface area contributed by atoms with Gasteiger partial charge in [0.1, 0.15) is 5.41 Å². The summed E-state index contributed by atoms with van der Waals surface area (Å²) >= 11 is 0. The summed E-state index contributed by atoms with van der Waals surface area (Å²) in [6, 6.07) is 2.29. The van der Waals surface area contributed by atoms with Crippen LogP contribution in [-0.2, 0) is 9.47 Å². The molecule has 2 rings (SSSR count). The summed E-state index contributed by atoms with van der Waals surface area (Å²) in [7, 11) is 0. The summed E-state index contributed by atoms with van der Waals surface area (Å²) in [6.45, 7) is 5.21. The zero-order valence-electron chi connectivity index (χ0n) is 13.1. The van der Waals surface area contributed by atoms with Gasteiger partial charge in [0, 0.05) is 5.92 Å². The SMILES string of the molecule is CCCCC[C@H]1CC[C@H]([C@H]2OC[C@@](C)(C#N)CO2)CC1. The summed E-state index contributed by atoms with van der Waals surface area (Å²) in [6.07, 6.45) is 10.5. The minimum Gasteiger partial charge on any atom is -0.351 e. The van der Waals surface area contributed by atoms with Crippen LogP contribution in [0.5, 0.6) is 0 Å². The largest absolute Gasteiger partial charge is 0.351 e. The Balaban J connectivity index is 1.68. The van der Waals surface area contributed by atoms with Gasteiger partial charge >= 0.3 is 0 Å². The Hall–Kier alpha value is -0.590. The molecule has 0 N–H and O–H groups in total. The van der Waals surface area contributed by atoms with Gasteiger partial charge < -0.3 is 9.47 Å². The average Bonchev–Trinajstić information content (AvgIpc) is 2.49. The molecule has 0 aromatic carbocycles. The molecule has 0 spiro atoms. The lowest BCUT2D eigenvalue weighted by molar-refractivity contribution is -0.240. The first-order valence-corrected chi connectivity index (χ1v) is 8.31. The molecule has 114 valence electrons. The molecule has 0 amide bonds. The van der Waals surface area contributed by atoms with Gasteiger partial charge in [0.25, 0.3) is 0 Å². The predicted octanol–water partition coefficient (Wildman–Crippen LogP) is 4.28. The topological polar surface area (TPSA) is 42.2 Å². The maximum Gasteiger partial charge on any atom is 0.160 e. The second-order valence-electron chi connectivity index (χ2n) is 6.94. The molecule has 20 heavy (non-hydrogen) atoms. The van der Waals surface area contributed by atoms with Crippen LogP contribution in [0.1, 0.15) is 65.2 Å². The molecule has 0 bridgehead atoms. The molecule has 0 atom stereocenters. The van der Waals surface area contributed by atoms with Crippen molar-refractivity contribution in [2.75, 3.05) is 13.2 Å². The summed E-state index contributed by atoms with van der Waals surface area (Å²) < 4.78 is 11.6. The van der Waals surface area contributed by atoms with E-state index in [9.17, 15) is 0 Å². The number of hydrogen-bond donors (Lipinski definition) is 0. The Morgan fingerprint density at radius 2 is 1.75 bits per heavy atom. The van der Waals surface area contributed by atoms with Crippen LogP contribution in [-0.4, -0.2) is 19.5 Å². The van der Waals surface area contributed by atoms with E-state index in [4.69, 9.17) is 14.7 Å². The molecule has 2 aliphatic rings. The first-order chi connectivity index (χ1) is 9.67. The molecular weight excluding hydrogens is 250 g/mol. The van der Waals surface area contributed by atoms with Gasteiger partial charge in [-0.15, -0.1) is 0 Å². The van der Waals surface area contributed by atoms with E-state index < -0.39 is 5.41 Å². The molecule has 0 aromatic heterocycles. The van der Waals surface area contributed by atoms with Crippen LogP contribution in [0.4, 0.5) is 0 Å². The van der Waals surface area contributed by atoms with Crippen molar-refractivity contribution >= 4 is 0 Å². The molecule has 1 aliphatic carbocycles. The van der Waals surface area contributed by atoms with Gasteiger partial charge in [-0.1, -0.05) is 32.6 Å². The average molecular weight is 279 g/mol. The third kappa shape index (κ3) is 4.20. The second kappa shape index (κ2) is 7.43. The molecule has 1 saturated carbocycles. The summed E-state index contributed by atoms with van der Waals surface area (Å²) in [4.78, 5) is 0. The van der Waals surface area contributed by atoms with Crippen LogP contribution < -0.4 is 0 Å². The highest BCUT2D eigenvalue weighted by Crippen LogP contribution is 2.37. The van der Waals surface area contributed by atoms with Crippen molar-refractivity contribution in [2.24, 2.45) is 17.3 Å². The van der Waals surface area contributed by atoms with E-state index in [1.165, 1.54) is 51.4 Å². The summed E-state index contributed by atoms with van der Waals surface area (Å²) in [5.41, 5.74) is -0.451. The molecule has 1 heterocycles. The summed E-state index contributed by atoms with van der Waals surface area (Å²) in [5.74, 6) is 1.46. The molecule has 1 aliphatic heterocycles. The predicted molar refractivity (Wildman–Crippen MR) is 79.0 cm³/mol. The second-order valence-corrected chi connectivity index (χ2v) is 6.94. The molecule has 0 radical (unpaired) electrons. The van der Waals surface area contributed by atoms with Crippen LogP contribution in [0, 0.1) is 28.6 Å². The first-order valence-electron chi connectivity index (χ1n) is 8.31. The third-order valence-electron chi connectivity index (χ3n) is 4.89. The van der Waals surface area contributed by atoms with Crippen molar-refractivity contribution in [3.05, 3.63) is 0 Å². The highest BCUT2D eigenvalue weighted by atomic mass is 16.7. The molecule has 0 aromatic rings. The lowest BCUT2D eigenvalue weighted by atomic mass is 9.79. The number of nitrogens with zero attached hydrogens (tertiary/aromatic N) is 1. The molecule has 3 nitrogen and oxygen atoms in total. The van der Waals surface area contributed by atoms with E-state index in [2.05, 4.69) is 13.0 Å². The molecule has 3 heteroatoms. The standard InChI is InChI=1S/C17H29NO2/c1-3-4-5-6-14-7-9-15(10-8-14)16-19-12-17(2,11-18)13-20-16/h14-16H,3-10,12-13H2,1-2H3/t14-,15-,16-,17+. The van der Waals surface area contributed by atoms with Crippen molar-refractivity contribution in [2.45, 2.75) is 71.5 Å². The van der Waals surface area contributed by atoms with Crippen molar-refractivity contribution in [3.63, 3.8) is 0 Å². The van der Waals surface area contributed by atoms with Crippen molar-refractivity contribution in [1.29, 1.82) is 5.26 Å². The molecular formula is C17H29NO2. The third-order valence-corrected chi connectivity index (χ3v) is 4.89. The van der Waals surface area contributed by atoms with E-state index in [0.29, 0.717) is 19.1 Å². The van der Waals surface area contributed by atoms with E-state index in [1.807, 2.05) is 6.92 Å². The normalized spacial score (nSPS) is 38.4. The van der Waals surface area contributed by atoms with Gasteiger partial charge in [-0.3, -0.25) is 0 Å². The smallest absolute Gasteiger partial charge is 0.160 e. The number of hydrogen-bond acceptors (Lipinski definition) is 3. The Morgan fingerprint density at radius 3 is 2.30 bits per heavy atom. The van der Waals surface area contributed by atoms with Crippen molar-refractivity contribution in [3.8, 4) is 6.07 Å². The van der Waals surface area contributed by atoms with Gasteiger partial charge in [-0.2, -0.15) is 5.26 Å². The van der Waals surface area contributed by atoms with E-state index in [-0.39, 0.29) is 6.29 Å². The van der Waals surface area contributed by atoms with Crippen LogP contribution in [0.2, 0.25) is 0 Å². The fourth-order valence-electron chi connectivity index (χ4n) is 3.39. The number of ether oxygens (including phenoxy) is 2. The highest BCUT2D eigenvalue weighted by molar-refractivity contribution is 4.97. The van der Waals surface area contributed by atoms with Gasteiger partial charge in [-0.05, 0) is 38.5 Å². The zero-order chi connectivity index (χ0) is 14.4. The number of nitriles is 1. The van der Waals surface area contributed by atoms with Crippen molar-refractivity contribution in [1.82, 2.24) is 0 Å². The Morgan fingerprint density at radius 1 is 1.10 bits per heavy atom. The monoisotopic (exact) mass is 279 g/mol. The van der Waals surface area contributed by atoms with Crippen LogP contribution in [0.25, 0.3) is 0 Å². The highest BCUT2D eigenvalue weighted by Gasteiger charge is 2.37. The number of unbranched alkanes of at least 4 members (excludes halogenated alkanes) is 2. The molecule has 2 fully saturated rings. The maximum atomic E-state index is 9.07. The lowest BCUT2D eigenvalue weighted by Gasteiger charge is -2.39. The van der Waals surface area contributed by atoms with Crippen LogP contribution in [0.15, 0.2) is 0 Å². The maximum absolute atomic E-state index is 9.07. The van der Waals surface area contributed by atoms with Gasteiger partial charge in [0.2, 0.25) is 0 Å². The van der Waals surface area contributed by atoms with E-state index >= 15 is 0 Å². The minimum absolute atomic E-state index is 0.0620. The first kappa shape index (κ1) is 15.8. The molecule has 1 saturated heterocycles. The summed E-state index contributed by atoms with van der Waals surface area (Å²) in [5, 5.41) is 9.07. The molecule has 0 unspecified atom stereocenters. The van der Waals surface area contributed by atoms with Gasteiger partial charge in [0.05, 0.1) is 19.3 Å². The van der Waals surface area contributed by atoms with Crippen LogP contribution >= 0.6 is 0 Å². The van der Waals surface area contributed by atoms with Gasteiger partial charge in [-0.25, -0.2) is 0 Å². The fraction of sp³-hybridized carbons (Fsp3) is 0.941. The zero-order valence-corrected chi connectivity index (χ0v) is 13.1.